The van der Waals surface area contributed by atoms with E-state index in [2.05, 4.69) is 38.2 Å². The SMILES string of the molecule is CCCCCC/C=C\C/C=C\CCCCCCCCCC(=O)OC(CO)COC(=O)CCCCCCCCCCCCCCCCCCCCCCCCCCCCCCCCCCC. The van der Waals surface area contributed by atoms with Crippen LogP contribution in [0.2, 0.25) is 0 Å². The summed E-state index contributed by atoms with van der Waals surface area (Å²) in [6, 6.07) is 0. The average molecular weight is 916 g/mol. The Morgan fingerprint density at radius 3 is 0.923 bits per heavy atom. The van der Waals surface area contributed by atoms with Crippen molar-refractivity contribution in [2.24, 2.45) is 0 Å². The standard InChI is InChI=1S/C60H114O5/c1-3-5-7-9-11-13-15-17-19-21-23-24-25-26-27-28-29-30-31-32-33-34-35-36-37-39-40-42-44-46-48-50-52-54-59(62)64-57-58(56-61)65-60(63)55-53-51-49-47-45-43-41-38-22-20-18-16-14-12-10-8-6-4-2/h14,16,20,22,58,61H,3-13,15,17-19,21,23-57H2,1-2H3/b16-14-,22-20-. The molecule has 0 bridgehead atoms. The second-order valence-electron chi connectivity index (χ2n) is 20.1. The van der Waals surface area contributed by atoms with Crippen LogP contribution in [-0.4, -0.2) is 36.4 Å². The Balaban J connectivity index is 3.39. The zero-order chi connectivity index (χ0) is 47.0. The van der Waals surface area contributed by atoms with Crippen molar-refractivity contribution in [2.45, 2.75) is 335 Å². The first kappa shape index (κ1) is 63.4. The van der Waals surface area contributed by atoms with Crippen LogP contribution in [0.5, 0.6) is 0 Å². The minimum absolute atomic E-state index is 0.0638. The predicted molar refractivity (Wildman–Crippen MR) is 284 cm³/mol. The minimum Gasteiger partial charge on any atom is -0.462 e. The zero-order valence-electron chi connectivity index (χ0n) is 44.0. The number of hydrogen-bond donors (Lipinski definition) is 1. The largest absolute Gasteiger partial charge is 0.462 e. The molecule has 0 spiro atoms. The summed E-state index contributed by atoms with van der Waals surface area (Å²) in [7, 11) is 0. The van der Waals surface area contributed by atoms with Crippen molar-refractivity contribution in [3.63, 3.8) is 0 Å². The van der Waals surface area contributed by atoms with Gasteiger partial charge in [0.1, 0.15) is 6.61 Å². The molecule has 1 N–H and O–H groups in total. The lowest BCUT2D eigenvalue weighted by molar-refractivity contribution is -0.161. The molecule has 5 nitrogen and oxygen atoms in total. The minimum atomic E-state index is -0.773. The summed E-state index contributed by atoms with van der Waals surface area (Å²) in [4.78, 5) is 24.5. The summed E-state index contributed by atoms with van der Waals surface area (Å²) in [5.74, 6) is -0.582. The van der Waals surface area contributed by atoms with Crippen LogP contribution in [0.1, 0.15) is 328 Å². The van der Waals surface area contributed by atoms with Gasteiger partial charge in [0.2, 0.25) is 0 Å². The van der Waals surface area contributed by atoms with Gasteiger partial charge in [-0.3, -0.25) is 9.59 Å². The van der Waals surface area contributed by atoms with E-state index in [4.69, 9.17) is 9.47 Å². The van der Waals surface area contributed by atoms with Gasteiger partial charge < -0.3 is 14.6 Å². The fraction of sp³-hybridized carbons (Fsp3) is 0.900. The Labute approximate surface area is 406 Å². The van der Waals surface area contributed by atoms with E-state index in [9.17, 15) is 14.7 Å². The molecule has 0 aliphatic heterocycles. The van der Waals surface area contributed by atoms with Crippen molar-refractivity contribution in [2.75, 3.05) is 13.2 Å². The van der Waals surface area contributed by atoms with Crippen LogP contribution in [0.3, 0.4) is 0 Å². The van der Waals surface area contributed by atoms with Crippen molar-refractivity contribution in [1.29, 1.82) is 0 Å². The Morgan fingerprint density at radius 2 is 0.615 bits per heavy atom. The van der Waals surface area contributed by atoms with Gasteiger partial charge in [0, 0.05) is 12.8 Å². The first-order valence-electron chi connectivity index (χ1n) is 29.4. The number of aliphatic hydroxyl groups excluding tert-OH is 1. The van der Waals surface area contributed by atoms with Crippen molar-refractivity contribution >= 4 is 11.9 Å². The lowest BCUT2D eigenvalue weighted by Gasteiger charge is -2.15. The number of ether oxygens (including phenoxy) is 2. The third-order valence-corrected chi connectivity index (χ3v) is 13.5. The molecule has 0 aromatic heterocycles. The Hall–Kier alpha value is -1.62. The number of hydrogen-bond acceptors (Lipinski definition) is 5. The molecule has 0 saturated heterocycles. The quantitative estimate of drug-likeness (QED) is 0.0374. The van der Waals surface area contributed by atoms with E-state index in [0.29, 0.717) is 12.8 Å². The van der Waals surface area contributed by atoms with Crippen LogP contribution in [-0.2, 0) is 19.1 Å². The lowest BCUT2D eigenvalue weighted by atomic mass is 10.0. The molecule has 0 saturated carbocycles. The summed E-state index contributed by atoms with van der Waals surface area (Å²) in [5.41, 5.74) is 0. The molecule has 0 fully saturated rings. The molecule has 5 heteroatoms. The highest BCUT2D eigenvalue weighted by molar-refractivity contribution is 5.70. The molecule has 0 aliphatic carbocycles. The van der Waals surface area contributed by atoms with Gasteiger partial charge in [0.25, 0.3) is 0 Å². The second-order valence-corrected chi connectivity index (χ2v) is 20.1. The van der Waals surface area contributed by atoms with Crippen LogP contribution in [0.4, 0.5) is 0 Å². The fourth-order valence-corrected chi connectivity index (χ4v) is 9.06. The Kier molecular flexibility index (Phi) is 55.3. The first-order valence-corrected chi connectivity index (χ1v) is 29.4. The summed E-state index contributed by atoms with van der Waals surface area (Å²) in [6.45, 7) is 4.17. The van der Waals surface area contributed by atoms with Crippen LogP contribution in [0.15, 0.2) is 24.3 Å². The van der Waals surface area contributed by atoms with Gasteiger partial charge in [-0.1, -0.05) is 295 Å². The van der Waals surface area contributed by atoms with Crippen molar-refractivity contribution in [1.82, 2.24) is 0 Å². The van der Waals surface area contributed by atoms with Gasteiger partial charge in [0.15, 0.2) is 6.10 Å². The second kappa shape index (κ2) is 56.7. The van der Waals surface area contributed by atoms with Crippen molar-refractivity contribution < 1.29 is 24.2 Å². The Bertz CT molecular complexity index is 990. The van der Waals surface area contributed by atoms with Gasteiger partial charge in [-0.25, -0.2) is 0 Å². The maximum Gasteiger partial charge on any atom is 0.306 e. The normalized spacial score (nSPS) is 12.2. The van der Waals surface area contributed by atoms with Crippen LogP contribution < -0.4 is 0 Å². The van der Waals surface area contributed by atoms with E-state index in [0.717, 1.165) is 44.9 Å². The van der Waals surface area contributed by atoms with E-state index in [1.807, 2.05) is 0 Å². The number of allylic oxidation sites excluding steroid dienone is 4. The highest BCUT2D eigenvalue weighted by atomic mass is 16.6. The fourth-order valence-electron chi connectivity index (χ4n) is 9.06. The summed E-state index contributed by atoms with van der Waals surface area (Å²) >= 11 is 0. The van der Waals surface area contributed by atoms with Gasteiger partial charge in [-0.05, 0) is 44.9 Å². The van der Waals surface area contributed by atoms with Crippen LogP contribution >= 0.6 is 0 Å². The smallest absolute Gasteiger partial charge is 0.306 e. The summed E-state index contributed by atoms with van der Waals surface area (Å²) in [5, 5.41) is 9.64. The first-order chi connectivity index (χ1) is 32.1. The Morgan fingerprint density at radius 1 is 0.354 bits per heavy atom. The highest BCUT2D eigenvalue weighted by Gasteiger charge is 2.16. The molecule has 384 valence electrons. The summed E-state index contributed by atoms with van der Waals surface area (Å²) < 4.78 is 10.7. The molecule has 0 heterocycles. The zero-order valence-corrected chi connectivity index (χ0v) is 44.0. The number of carbonyl (C=O) groups is 2. The van der Waals surface area contributed by atoms with E-state index in [1.165, 1.54) is 257 Å². The third-order valence-electron chi connectivity index (χ3n) is 13.5. The number of carbonyl (C=O) groups excluding carboxylic acids is 2. The molecule has 0 radical (unpaired) electrons. The number of aliphatic hydroxyl groups is 1. The number of esters is 2. The van der Waals surface area contributed by atoms with Gasteiger partial charge in [-0.15, -0.1) is 0 Å². The van der Waals surface area contributed by atoms with E-state index < -0.39 is 6.10 Å². The monoisotopic (exact) mass is 915 g/mol. The predicted octanol–water partition coefficient (Wildman–Crippen LogP) is 19.7. The molecule has 0 aromatic carbocycles. The molecule has 0 amide bonds. The highest BCUT2D eigenvalue weighted by Crippen LogP contribution is 2.18. The van der Waals surface area contributed by atoms with Crippen LogP contribution in [0.25, 0.3) is 0 Å². The van der Waals surface area contributed by atoms with Gasteiger partial charge in [-0.2, -0.15) is 0 Å². The van der Waals surface area contributed by atoms with Crippen LogP contribution in [0, 0.1) is 0 Å². The van der Waals surface area contributed by atoms with Gasteiger partial charge in [0.05, 0.1) is 6.61 Å². The molecule has 1 unspecified atom stereocenters. The molecule has 0 aromatic rings. The molecule has 65 heavy (non-hydrogen) atoms. The molecular weight excluding hydrogens is 801 g/mol. The molecular formula is C60H114O5. The van der Waals surface area contributed by atoms with E-state index in [1.54, 1.807) is 0 Å². The maximum atomic E-state index is 12.3. The average Bonchev–Trinajstić information content (AvgIpc) is 3.31. The molecule has 1 atom stereocenters. The topological polar surface area (TPSA) is 72.8 Å². The van der Waals surface area contributed by atoms with Gasteiger partial charge >= 0.3 is 11.9 Å². The number of unbranched alkanes of at least 4 members (excludes halogenated alkanes) is 43. The molecule has 0 aliphatic rings. The maximum absolute atomic E-state index is 12.3. The lowest BCUT2D eigenvalue weighted by Crippen LogP contribution is -2.28. The van der Waals surface area contributed by atoms with E-state index >= 15 is 0 Å². The van der Waals surface area contributed by atoms with Crippen molar-refractivity contribution in [3.8, 4) is 0 Å². The van der Waals surface area contributed by atoms with E-state index in [-0.39, 0.29) is 25.2 Å². The number of rotatable bonds is 55. The summed E-state index contributed by atoms with van der Waals surface area (Å²) in [6.07, 6.45) is 71.7. The third kappa shape index (κ3) is 54.9. The van der Waals surface area contributed by atoms with Crippen molar-refractivity contribution in [3.05, 3.63) is 24.3 Å². The molecule has 0 rings (SSSR count).